The van der Waals surface area contributed by atoms with Gasteiger partial charge in [0.25, 0.3) is 11.8 Å². The summed E-state index contributed by atoms with van der Waals surface area (Å²) in [7, 11) is 6.86. The van der Waals surface area contributed by atoms with Crippen LogP contribution in [0.5, 0.6) is 5.75 Å². The van der Waals surface area contributed by atoms with Crippen molar-refractivity contribution in [3.63, 3.8) is 0 Å². The van der Waals surface area contributed by atoms with Crippen molar-refractivity contribution in [2.24, 2.45) is 0 Å². The van der Waals surface area contributed by atoms with Gasteiger partial charge >= 0.3 is 0 Å². The lowest BCUT2D eigenvalue weighted by molar-refractivity contribution is -0.914. The second-order valence-electron chi connectivity index (χ2n) is 11.8. The molecule has 43 heavy (non-hydrogen) atoms. The molecule has 13 heteroatoms. The van der Waals surface area contributed by atoms with Gasteiger partial charge in [-0.15, -0.1) is 0 Å². The lowest BCUT2D eigenvalue weighted by Gasteiger charge is -2.45. The van der Waals surface area contributed by atoms with E-state index >= 15 is 0 Å². The number of ether oxygens (including phenoxy) is 1. The van der Waals surface area contributed by atoms with E-state index in [1.807, 2.05) is 19.0 Å². The van der Waals surface area contributed by atoms with E-state index in [1.165, 1.54) is 19.2 Å². The highest BCUT2D eigenvalue weighted by Gasteiger charge is 2.43. The number of aliphatic hydroxyl groups excluding tert-OH is 1. The first-order chi connectivity index (χ1) is 20.3. The monoisotopic (exact) mass is 638 g/mol. The molecule has 1 N–H and O–H groups in total. The molecule has 3 aliphatic heterocycles. The molecule has 0 saturated carbocycles. The first-order valence-electron chi connectivity index (χ1n) is 14.1. The molecule has 0 spiro atoms. The zero-order valence-electron chi connectivity index (χ0n) is 24.6. The summed E-state index contributed by atoms with van der Waals surface area (Å²) in [4.78, 5) is 33.4. The number of hydrogen-bond acceptors (Lipinski definition) is 6. The number of alkyl halides is 1. The summed E-state index contributed by atoms with van der Waals surface area (Å²) >= 11 is 13.3. The molecule has 3 atom stereocenters. The van der Waals surface area contributed by atoms with Crippen LogP contribution in [-0.2, 0) is 4.79 Å². The average molecular weight is 640 g/mol. The Morgan fingerprint density at radius 2 is 1.70 bits per heavy atom. The van der Waals surface area contributed by atoms with Crippen LogP contribution >= 0.6 is 23.2 Å². The number of likely N-dealkylation sites (tertiary alicyclic amines) is 1. The maximum Gasteiger partial charge on any atom is 0.281 e. The molecule has 2 aromatic carbocycles. The third kappa shape index (κ3) is 5.87. The number of methoxy groups -OCH3 is 1. The molecule has 0 bridgehead atoms. The number of halogens is 4. The van der Waals surface area contributed by atoms with Crippen LogP contribution in [0.15, 0.2) is 36.5 Å². The first kappa shape index (κ1) is 31.3. The van der Waals surface area contributed by atoms with Crippen LogP contribution in [0.4, 0.5) is 14.5 Å². The molecular weight excluding hydrogens is 603 g/mol. The van der Waals surface area contributed by atoms with E-state index in [9.17, 15) is 23.5 Å². The zero-order valence-corrected chi connectivity index (χ0v) is 26.1. The number of benzene rings is 2. The SMILES string of the molecule is COc1ccc(C2=CN(c3ccc(C(=O)N4CCN(C(=O)[C@@H]5CC[C@H](O)C[N+]5(C)C)CC4)c(Cl)c3)C(Cl)N2C)c(F)c1F. The largest absolute Gasteiger partial charge is 0.494 e. The molecule has 0 aromatic heterocycles. The Morgan fingerprint density at radius 1 is 1.02 bits per heavy atom. The zero-order chi connectivity index (χ0) is 31.2. The molecule has 2 saturated heterocycles. The van der Waals surface area contributed by atoms with Crippen molar-refractivity contribution in [2.45, 2.75) is 30.6 Å². The fourth-order valence-corrected chi connectivity index (χ4v) is 6.69. The predicted octanol–water partition coefficient (Wildman–Crippen LogP) is 3.78. The number of aliphatic hydroxyl groups is 1. The fraction of sp³-hybridized carbons (Fsp3) is 0.467. The van der Waals surface area contributed by atoms with Crippen molar-refractivity contribution >= 4 is 46.4 Å². The molecule has 0 aliphatic carbocycles. The first-order valence-corrected chi connectivity index (χ1v) is 14.9. The molecule has 2 fully saturated rings. The Bertz CT molecular complexity index is 1450. The number of nitrogens with zero attached hydrogens (tertiary/aromatic N) is 5. The number of hydrogen-bond donors (Lipinski definition) is 1. The Balaban J connectivity index is 1.27. The second kappa shape index (κ2) is 12.1. The molecule has 1 unspecified atom stereocenters. The van der Waals surface area contributed by atoms with Crippen molar-refractivity contribution < 1.29 is 32.7 Å². The Hall–Kier alpha value is -3.12. The number of carbonyl (C=O) groups is 2. The number of anilines is 1. The molecule has 5 rings (SSSR count). The predicted molar refractivity (Wildman–Crippen MR) is 161 cm³/mol. The maximum atomic E-state index is 14.8. The number of amides is 2. The van der Waals surface area contributed by atoms with Gasteiger partial charge in [-0.3, -0.25) is 9.59 Å². The summed E-state index contributed by atoms with van der Waals surface area (Å²) in [6.07, 6.45) is 2.44. The Morgan fingerprint density at radius 3 is 2.33 bits per heavy atom. The van der Waals surface area contributed by atoms with Crippen LogP contribution < -0.4 is 9.64 Å². The van der Waals surface area contributed by atoms with Crippen LogP contribution in [0.25, 0.3) is 5.70 Å². The highest BCUT2D eigenvalue weighted by atomic mass is 35.5. The van der Waals surface area contributed by atoms with E-state index < -0.39 is 23.4 Å². The molecular formula is C30H36Cl2F2N5O4+. The minimum Gasteiger partial charge on any atom is -0.494 e. The van der Waals surface area contributed by atoms with E-state index in [4.69, 9.17) is 27.9 Å². The molecule has 232 valence electrons. The van der Waals surface area contributed by atoms with Gasteiger partial charge in [0.05, 0.1) is 37.5 Å². The molecule has 9 nitrogen and oxygen atoms in total. The summed E-state index contributed by atoms with van der Waals surface area (Å²) in [5.41, 5.74) is 0.489. The lowest BCUT2D eigenvalue weighted by Crippen LogP contribution is -2.63. The highest BCUT2D eigenvalue weighted by Crippen LogP contribution is 2.38. The summed E-state index contributed by atoms with van der Waals surface area (Å²) in [5, 5.41) is 10.3. The van der Waals surface area contributed by atoms with Gasteiger partial charge in [-0.25, -0.2) is 4.39 Å². The molecule has 2 aromatic rings. The lowest BCUT2D eigenvalue weighted by atomic mass is 9.96. The van der Waals surface area contributed by atoms with Crippen LogP contribution in [-0.4, -0.2) is 115 Å². The Kier molecular flexibility index (Phi) is 8.82. The van der Waals surface area contributed by atoms with Crippen molar-refractivity contribution in [2.75, 3.05) is 65.9 Å². The summed E-state index contributed by atoms with van der Waals surface area (Å²) in [6, 6.07) is 7.49. The van der Waals surface area contributed by atoms with Crippen molar-refractivity contribution in [3.05, 3.63) is 64.3 Å². The molecule has 0 radical (unpaired) electrons. The average Bonchev–Trinajstić information content (AvgIpc) is 3.27. The van der Waals surface area contributed by atoms with Gasteiger partial charge in [0.1, 0.15) is 12.6 Å². The van der Waals surface area contributed by atoms with Crippen molar-refractivity contribution in [3.8, 4) is 5.75 Å². The van der Waals surface area contributed by atoms with E-state index in [0.717, 1.165) is 0 Å². The van der Waals surface area contributed by atoms with Crippen LogP contribution in [0.1, 0.15) is 28.8 Å². The number of quaternary nitrogens is 1. The van der Waals surface area contributed by atoms with E-state index in [0.29, 0.717) is 67.0 Å². The van der Waals surface area contributed by atoms with Gasteiger partial charge in [0.15, 0.2) is 23.2 Å². The van der Waals surface area contributed by atoms with E-state index in [2.05, 4.69) is 0 Å². The number of carbonyl (C=O) groups excluding carboxylic acids is 2. The van der Waals surface area contributed by atoms with Gasteiger partial charge < -0.3 is 33.9 Å². The molecule has 3 aliphatic rings. The van der Waals surface area contributed by atoms with Crippen LogP contribution in [0.3, 0.4) is 0 Å². The quantitative estimate of drug-likeness (QED) is 0.305. The number of piperazine rings is 1. The number of rotatable bonds is 5. The highest BCUT2D eigenvalue weighted by molar-refractivity contribution is 6.34. The maximum absolute atomic E-state index is 14.8. The topological polar surface area (TPSA) is 76.6 Å². The number of likely N-dealkylation sites (N-methyl/N-ethyl adjacent to an activating group) is 1. The van der Waals surface area contributed by atoms with Gasteiger partial charge in [-0.05, 0) is 36.8 Å². The normalized spacial score (nSPS) is 23.8. The summed E-state index contributed by atoms with van der Waals surface area (Å²) in [5.74, 6) is -2.53. The summed E-state index contributed by atoms with van der Waals surface area (Å²) in [6.45, 7) is 2.13. The van der Waals surface area contributed by atoms with Gasteiger partial charge in [0, 0.05) is 57.1 Å². The smallest absolute Gasteiger partial charge is 0.281 e. The third-order valence-corrected chi connectivity index (χ3v) is 9.49. The van der Waals surface area contributed by atoms with Gasteiger partial charge in [-0.2, -0.15) is 4.39 Å². The minimum atomic E-state index is -1.09. The Labute approximate surface area is 260 Å². The summed E-state index contributed by atoms with van der Waals surface area (Å²) < 4.78 is 34.6. The van der Waals surface area contributed by atoms with Crippen molar-refractivity contribution in [1.29, 1.82) is 0 Å². The number of piperidine rings is 1. The standard InChI is InChI=1S/C30H36Cl2F2N5O4/c1-35-23(21-8-10-25(43-4)27(34)26(21)33)16-38(30(35)32)18-5-7-20(22(31)15-18)28(41)36-11-13-37(14-12-36)29(42)24-9-6-19(40)17-39(24,2)3/h5,7-8,10,15-16,19,24,30,40H,6,9,11-14,17H2,1-4H3/q+1/t19-,24-,30?/m0/s1. The van der Waals surface area contributed by atoms with Crippen LogP contribution in [0, 0.1) is 11.6 Å². The van der Waals surface area contributed by atoms with E-state index in [-0.39, 0.29) is 34.2 Å². The fourth-order valence-electron chi connectivity index (χ4n) is 6.16. The molecule has 3 heterocycles. The second-order valence-corrected chi connectivity index (χ2v) is 12.6. The molecule has 2 amide bonds. The van der Waals surface area contributed by atoms with Crippen LogP contribution in [0.2, 0.25) is 5.02 Å². The van der Waals surface area contributed by atoms with E-state index in [1.54, 1.807) is 46.1 Å². The van der Waals surface area contributed by atoms with Crippen molar-refractivity contribution in [1.82, 2.24) is 14.7 Å². The third-order valence-electron chi connectivity index (χ3n) is 8.68. The van der Waals surface area contributed by atoms with Gasteiger partial charge in [0.2, 0.25) is 5.82 Å². The van der Waals surface area contributed by atoms with Gasteiger partial charge in [-0.1, -0.05) is 23.2 Å². The minimum absolute atomic E-state index is 0.0213.